The molecule has 0 saturated carbocycles. The topological polar surface area (TPSA) is 80.4 Å². The molecule has 2 aromatic carbocycles. The maximum absolute atomic E-state index is 11.0. The molecule has 0 amide bonds. The SMILES string of the molecule is CC.Cc1cc(S(=O)(=O)O)cc2ccc(N)cc12. The number of aryl methyl sites for hydroxylation is 1. The number of rotatable bonds is 1. The van der Waals surface area contributed by atoms with Gasteiger partial charge in [0.15, 0.2) is 0 Å². The average Bonchev–Trinajstić information content (AvgIpc) is 2.31. The highest BCUT2D eigenvalue weighted by Gasteiger charge is 2.11. The molecule has 2 rings (SSSR count). The second kappa shape index (κ2) is 5.37. The molecule has 0 aromatic heterocycles. The van der Waals surface area contributed by atoms with Crippen LogP contribution in [0.4, 0.5) is 5.69 Å². The van der Waals surface area contributed by atoms with Crippen LogP contribution < -0.4 is 5.73 Å². The van der Waals surface area contributed by atoms with Gasteiger partial charge in [0.2, 0.25) is 0 Å². The third kappa shape index (κ3) is 3.00. The van der Waals surface area contributed by atoms with E-state index in [1.807, 2.05) is 13.8 Å². The number of anilines is 1. The third-order valence-corrected chi connectivity index (χ3v) is 3.29. The Morgan fingerprint density at radius 1 is 1.11 bits per heavy atom. The number of hydrogen-bond acceptors (Lipinski definition) is 3. The van der Waals surface area contributed by atoms with Crippen LogP contribution in [0.3, 0.4) is 0 Å². The quantitative estimate of drug-likeness (QED) is 0.615. The minimum Gasteiger partial charge on any atom is -0.399 e. The van der Waals surface area contributed by atoms with Crippen molar-refractivity contribution in [3.63, 3.8) is 0 Å². The Morgan fingerprint density at radius 2 is 1.72 bits per heavy atom. The molecule has 0 heterocycles. The zero-order chi connectivity index (χ0) is 13.9. The van der Waals surface area contributed by atoms with Crippen molar-refractivity contribution in [3.05, 3.63) is 35.9 Å². The van der Waals surface area contributed by atoms with Crippen molar-refractivity contribution >= 4 is 26.6 Å². The molecule has 0 fully saturated rings. The molecule has 0 aliphatic rings. The van der Waals surface area contributed by atoms with Gasteiger partial charge in [0.1, 0.15) is 0 Å². The molecule has 98 valence electrons. The maximum Gasteiger partial charge on any atom is 0.294 e. The Morgan fingerprint density at radius 3 is 2.28 bits per heavy atom. The van der Waals surface area contributed by atoms with Gasteiger partial charge < -0.3 is 5.73 Å². The standard InChI is InChI=1S/C11H11NO3S.C2H6/c1-7-4-10(16(13,14)15)5-8-2-3-9(12)6-11(7)8;1-2/h2-6H,12H2,1H3,(H,13,14,15);1-2H3. The van der Waals surface area contributed by atoms with Crippen molar-refractivity contribution in [2.45, 2.75) is 25.7 Å². The largest absolute Gasteiger partial charge is 0.399 e. The van der Waals surface area contributed by atoms with Crippen LogP contribution in [0.2, 0.25) is 0 Å². The third-order valence-electron chi connectivity index (χ3n) is 2.46. The molecule has 3 N–H and O–H groups in total. The average molecular weight is 267 g/mol. The summed E-state index contributed by atoms with van der Waals surface area (Å²) in [6.07, 6.45) is 0. The van der Waals surface area contributed by atoms with Gasteiger partial charge in [-0.05, 0) is 47.5 Å². The predicted molar refractivity (Wildman–Crippen MR) is 74.3 cm³/mol. The zero-order valence-corrected chi connectivity index (χ0v) is 11.5. The fourth-order valence-electron chi connectivity index (χ4n) is 1.68. The first-order chi connectivity index (χ1) is 8.38. The van der Waals surface area contributed by atoms with Gasteiger partial charge in [0.25, 0.3) is 10.1 Å². The summed E-state index contributed by atoms with van der Waals surface area (Å²) in [5.41, 5.74) is 7.03. The van der Waals surface area contributed by atoms with Gasteiger partial charge in [-0.2, -0.15) is 8.42 Å². The van der Waals surface area contributed by atoms with Crippen LogP contribution >= 0.6 is 0 Å². The van der Waals surface area contributed by atoms with Gasteiger partial charge in [-0.25, -0.2) is 0 Å². The molecule has 0 aliphatic heterocycles. The fraction of sp³-hybridized carbons (Fsp3) is 0.231. The van der Waals surface area contributed by atoms with Gasteiger partial charge in [-0.1, -0.05) is 19.9 Å². The van der Waals surface area contributed by atoms with Crippen LogP contribution in [-0.2, 0) is 10.1 Å². The van der Waals surface area contributed by atoms with Crippen LogP contribution in [0.5, 0.6) is 0 Å². The Balaban J connectivity index is 0.000000771. The second-order valence-electron chi connectivity index (χ2n) is 3.70. The van der Waals surface area contributed by atoms with Crippen molar-refractivity contribution in [2.75, 3.05) is 5.73 Å². The summed E-state index contributed by atoms with van der Waals surface area (Å²) < 4.78 is 31.0. The zero-order valence-electron chi connectivity index (χ0n) is 10.6. The van der Waals surface area contributed by atoms with Crippen molar-refractivity contribution in [2.24, 2.45) is 0 Å². The lowest BCUT2D eigenvalue weighted by molar-refractivity contribution is 0.483. The van der Waals surface area contributed by atoms with Crippen LogP contribution in [0.15, 0.2) is 35.2 Å². The molecule has 0 unspecified atom stereocenters. The van der Waals surface area contributed by atoms with Crippen LogP contribution in [-0.4, -0.2) is 13.0 Å². The Hall–Kier alpha value is -1.59. The summed E-state index contributed by atoms with van der Waals surface area (Å²) in [5, 5.41) is 1.62. The fourth-order valence-corrected chi connectivity index (χ4v) is 2.28. The van der Waals surface area contributed by atoms with Crippen molar-refractivity contribution < 1.29 is 13.0 Å². The van der Waals surface area contributed by atoms with E-state index in [2.05, 4.69) is 0 Å². The molecule has 4 nitrogen and oxygen atoms in total. The molecule has 18 heavy (non-hydrogen) atoms. The van der Waals surface area contributed by atoms with Crippen molar-refractivity contribution in [3.8, 4) is 0 Å². The highest BCUT2D eigenvalue weighted by molar-refractivity contribution is 7.85. The Labute approximate surface area is 107 Å². The van der Waals surface area contributed by atoms with Gasteiger partial charge >= 0.3 is 0 Å². The maximum atomic E-state index is 11.0. The minimum absolute atomic E-state index is 0.0951. The molecular formula is C13H17NO3S. The lowest BCUT2D eigenvalue weighted by atomic mass is 10.1. The highest BCUT2D eigenvalue weighted by atomic mass is 32.2. The first-order valence-corrected chi connectivity index (χ1v) is 7.09. The van der Waals surface area contributed by atoms with Gasteiger partial charge in [-0.15, -0.1) is 0 Å². The predicted octanol–water partition coefficient (Wildman–Crippen LogP) is 3.00. The number of nitrogen functional groups attached to an aromatic ring is 1. The van der Waals surface area contributed by atoms with Crippen LogP contribution in [0.1, 0.15) is 19.4 Å². The number of benzene rings is 2. The molecule has 0 radical (unpaired) electrons. The van der Waals surface area contributed by atoms with Crippen molar-refractivity contribution in [1.82, 2.24) is 0 Å². The van der Waals surface area contributed by atoms with Gasteiger partial charge in [0, 0.05) is 5.69 Å². The molecule has 0 spiro atoms. The van der Waals surface area contributed by atoms with Gasteiger partial charge in [0.05, 0.1) is 4.90 Å². The molecule has 2 aromatic rings. The first-order valence-electron chi connectivity index (χ1n) is 5.65. The van der Waals surface area contributed by atoms with E-state index in [0.717, 1.165) is 16.3 Å². The van der Waals surface area contributed by atoms with E-state index in [0.29, 0.717) is 5.69 Å². The lowest BCUT2D eigenvalue weighted by Crippen LogP contribution is -1.99. The van der Waals surface area contributed by atoms with E-state index in [1.165, 1.54) is 12.1 Å². The van der Waals surface area contributed by atoms with E-state index in [9.17, 15) is 8.42 Å². The van der Waals surface area contributed by atoms with Crippen LogP contribution in [0, 0.1) is 6.92 Å². The van der Waals surface area contributed by atoms with E-state index in [1.54, 1.807) is 25.1 Å². The summed E-state index contributed by atoms with van der Waals surface area (Å²) in [7, 11) is -4.16. The summed E-state index contributed by atoms with van der Waals surface area (Å²) in [5.74, 6) is 0. The number of hydrogen-bond donors (Lipinski definition) is 2. The van der Waals surface area contributed by atoms with Crippen LogP contribution in [0.25, 0.3) is 10.8 Å². The molecule has 5 heteroatoms. The summed E-state index contributed by atoms with van der Waals surface area (Å²) in [4.78, 5) is -0.0951. The smallest absolute Gasteiger partial charge is 0.294 e. The molecule has 0 atom stereocenters. The molecule has 0 saturated heterocycles. The molecule has 0 bridgehead atoms. The minimum atomic E-state index is -4.16. The van der Waals surface area contributed by atoms with Gasteiger partial charge in [-0.3, -0.25) is 4.55 Å². The Kier molecular flexibility index (Phi) is 4.32. The monoisotopic (exact) mass is 267 g/mol. The number of nitrogens with two attached hydrogens (primary N) is 1. The summed E-state index contributed by atoms with van der Waals surface area (Å²) in [6.45, 7) is 5.77. The Bertz CT molecular complexity index is 663. The lowest BCUT2D eigenvalue weighted by Gasteiger charge is -2.06. The van der Waals surface area contributed by atoms with E-state index in [-0.39, 0.29) is 4.90 Å². The highest BCUT2D eigenvalue weighted by Crippen LogP contribution is 2.24. The van der Waals surface area contributed by atoms with E-state index in [4.69, 9.17) is 10.3 Å². The van der Waals surface area contributed by atoms with E-state index >= 15 is 0 Å². The van der Waals surface area contributed by atoms with Crippen molar-refractivity contribution in [1.29, 1.82) is 0 Å². The molecular weight excluding hydrogens is 250 g/mol. The summed E-state index contributed by atoms with van der Waals surface area (Å²) in [6, 6.07) is 8.05. The molecule has 0 aliphatic carbocycles. The normalized spacial score (nSPS) is 10.9. The first kappa shape index (κ1) is 14.5. The number of fused-ring (bicyclic) bond motifs is 1. The van der Waals surface area contributed by atoms with E-state index < -0.39 is 10.1 Å². The summed E-state index contributed by atoms with van der Waals surface area (Å²) >= 11 is 0. The second-order valence-corrected chi connectivity index (χ2v) is 5.12.